The molecule has 0 aliphatic heterocycles. The van der Waals surface area contributed by atoms with E-state index in [2.05, 4.69) is 4.98 Å². The van der Waals surface area contributed by atoms with Gasteiger partial charge in [-0.15, -0.1) is 11.3 Å². The Morgan fingerprint density at radius 1 is 1.53 bits per heavy atom. The molecule has 0 aliphatic rings. The van der Waals surface area contributed by atoms with E-state index >= 15 is 0 Å². The molecule has 0 bridgehead atoms. The highest BCUT2D eigenvalue weighted by atomic mass is 32.1. The quantitative estimate of drug-likeness (QED) is 0.910. The van der Waals surface area contributed by atoms with Crippen LogP contribution in [0.15, 0.2) is 29.9 Å². The number of nitrogens with zero attached hydrogens (tertiary/aromatic N) is 1. The summed E-state index contributed by atoms with van der Waals surface area (Å²) in [4.78, 5) is 4.61. The highest BCUT2D eigenvalue weighted by molar-refractivity contribution is 7.09. The zero-order chi connectivity index (χ0) is 12.3. The summed E-state index contributed by atoms with van der Waals surface area (Å²) in [6.07, 6.45) is 1.07. The summed E-state index contributed by atoms with van der Waals surface area (Å²) in [5.74, 6) is -0.224. The fourth-order valence-electron chi connectivity index (χ4n) is 1.57. The molecule has 5 heteroatoms. The number of halogens is 1. The second-order valence-corrected chi connectivity index (χ2v) is 4.48. The van der Waals surface area contributed by atoms with Crippen molar-refractivity contribution in [2.45, 2.75) is 12.5 Å². The number of thiazole rings is 1. The van der Waals surface area contributed by atoms with Crippen LogP contribution in [-0.4, -0.2) is 17.2 Å². The summed E-state index contributed by atoms with van der Waals surface area (Å²) >= 11 is 1.35. The summed E-state index contributed by atoms with van der Waals surface area (Å²) < 4.78 is 18.7. The molecular weight excluding hydrogens is 241 g/mol. The molecule has 0 saturated carbocycles. The molecule has 3 nitrogen and oxygen atoms in total. The lowest BCUT2D eigenvalue weighted by molar-refractivity contribution is 0.180. The van der Waals surface area contributed by atoms with E-state index in [1.54, 1.807) is 29.9 Å². The Morgan fingerprint density at radius 3 is 3.00 bits per heavy atom. The van der Waals surface area contributed by atoms with E-state index in [9.17, 15) is 9.50 Å². The van der Waals surface area contributed by atoms with Crippen molar-refractivity contribution < 1.29 is 14.2 Å². The van der Waals surface area contributed by atoms with Crippen molar-refractivity contribution in [3.05, 3.63) is 46.2 Å². The first-order valence-corrected chi connectivity index (χ1v) is 5.98. The van der Waals surface area contributed by atoms with E-state index in [0.29, 0.717) is 5.56 Å². The number of ether oxygens (including phenoxy) is 1. The number of benzene rings is 1. The smallest absolute Gasteiger partial charge is 0.168 e. The van der Waals surface area contributed by atoms with Gasteiger partial charge in [-0.2, -0.15) is 0 Å². The van der Waals surface area contributed by atoms with Gasteiger partial charge in [0.15, 0.2) is 11.6 Å². The first kappa shape index (κ1) is 12.0. The summed E-state index contributed by atoms with van der Waals surface area (Å²) in [6.45, 7) is 0. The molecule has 17 heavy (non-hydrogen) atoms. The lowest BCUT2D eigenvalue weighted by atomic mass is 10.1. The van der Waals surface area contributed by atoms with Crippen LogP contribution < -0.4 is 4.74 Å². The number of aliphatic hydroxyl groups excluding tert-OH is 1. The number of hydrogen-bond acceptors (Lipinski definition) is 4. The molecule has 1 atom stereocenters. The van der Waals surface area contributed by atoms with Crippen LogP contribution in [0.4, 0.5) is 4.39 Å². The Morgan fingerprint density at radius 2 is 2.35 bits per heavy atom. The summed E-state index contributed by atoms with van der Waals surface area (Å²) in [5, 5.41) is 9.91. The van der Waals surface area contributed by atoms with Gasteiger partial charge in [0.25, 0.3) is 0 Å². The lowest BCUT2D eigenvalue weighted by Gasteiger charge is -2.10. The van der Waals surface area contributed by atoms with Gasteiger partial charge in [-0.05, 0) is 11.6 Å². The van der Waals surface area contributed by atoms with Crippen LogP contribution in [0.25, 0.3) is 0 Å². The van der Waals surface area contributed by atoms with Crippen molar-refractivity contribution in [3.63, 3.8) is 0 Å². The number of aromatic nitrogens is 1. The summed E-state index contributed by atoms with van der Waals surface area (Å²) in [7, 11) is 1.42. The molecule has 0 spiro atoms. The Bertz CT molecular complexity index is 487. The number of rotatable bonds is 4. The van der Waals surface area contributed by atoms with E-state index in [-0.39, 0.29) is 12.2 Å². The topological polar surface area (TPSA) is 42.4 Å². The van der Waals surface area contributed by atoms with Crippen molar-refractivity contribution in [1.29, 1.82) is 0 Å². The van der Waals surface area contributed by atoms with E-state index in [4.69, 9.17) is 4.74 Å². The lowest BCUT2D eigenvalue weighted by Crippen LogP contribution is -2.03. The second-order valence-electron chi connectivity index (χ2n) is 3.56. The van der Waals surface area contributed by atoms with Crippen LogP contribution in [0.5, 0.6) is 5.75 Å². The van der Waals surface area contributed by atoms with Crippen molar-refractivity contribution in [1.82, 2.24) is 4.98 Å². The monoisotopic (exact) mass is 253 g/mol. The molecule has 1 N–H and O–H groups in total. The van der Waals surface area contributed by atoms with Crippen LogP contribution in [0.2, 0.25) is 0 Å². The molecule has 90 valence electrons. The van der Waals surface area contributed by atoms with Crippen molar-refractivity contribution in [2.24, 2.45) is 0 Å². The third-order valence-corrected chi connectivity index (χ3v) is 3.33. The van der Waals surface area contributed by atoms with Crippen LogP contribution in [0, 0.1) is 5.82 Å². The molecule has 1 aromatic heterocycles. The molecule has 0 amide bonds. The molecule has 0 radical (unpaired) electrons. The Balaban J connectivity index is 2.19. The van der Waals surface area contributed by atoms with E-state index < -0.39 is 11.9 Å². The summed E-state index contributed by atoms with van der Waals surface area (Å²) in [6, 6.07) is 4.90. The number of methoxy groups -OCH3 is 1. The third kappa shape index (κ3) is 2.62. The van der Waals surface area contributed by atoms with Gasteiger partial charge in [0.1, 0.15) is 0 Å². The Labute approximate surface area is 103 Å². The number of aliphatic hydroxyl groups is 1. The van der Waals surface area contributed by atoms with E-state index in [1.807, 2.05) is 0 Å². The first-order valence-electron chi connectivity index (χ1n) is 5.10. The standard InChI is InChI=1S/C12H12FNO2S/c1-16-10-4-2-3-8(12(10)13)5-9(15)11-6-14-7-17-11/h2-4,6-7,9,15H,5H2,1H3. The van der Waals surface area contributed by atoms with Crippen LogP contribution >= 0.6 is 11.3 Å². The molecule has 2 aromatic rings. The average Bonchev–Trinajstić information content (AvgIpc) is 2.85. The van der Waals surface area contributed by atoms with Gasteiger partial charge < -0.3 is 9.84 Å². The molecule has 0 saturated heterocycles. The molecule has 0 aliphatic carbocycles. The predicted molar refractivity (Wildman–Crippen MR) is 63.7 cm³/mol. The number of hydrogen-bond donors (Lipinski definition) is 1. The van der Waals surface area contributed by atoms with Gasteiger partial charge in [-0.3, -0.25) is 4.98 Å². The molecule has 0 fully saturated rings. The van der Waals surface area contributed by atoms with Crippen molar-refractivity contribution >= 4 is 11.3 Å². The normalized spacial score (nSPS) is 12.4. The molecule has 2 rings (SSSR count). The predicted octanol–water partition coefficient (Wildman–Crippen LogP) is 2.57. The largest absolute Gasteiger partial charge is 0.494 e. The highest BCUT2D eigenvalue weighted by Gasteiger charge is 2.15. The van der Waals surface area contributed by atoms with Gasteiger partial charge in [-0.25, -0.2) is 4.39 Å². The second kappa shape index (κ2) is 5.25. The summed E-state index contributed by atoms with van der Waals surface area (Å²) in [5.41, 5.74) is 2.07. The maximum atomic E-state index is 13.8. The van der Waals surface area contributed by atoms with Crippen LogP contribution in [-0.2, 0) is 6.42 Å². The van der Waals surface area contributed by atoms with Gasteiger partial charge >= 0.3 is 0 Å². The first-order chi connectivity index (χ1) is 8.22. The van der Waals surface area contributed by atoms with Crippen LogP contribution in [0.1, 0.15) is 16.5 Å². The third-order valence-electron chi connectivity index (χ3n) is 2.46. The van der Waals surface area contributed by atoms with Gasteiger partial charge in [0, 0.05) is 12.6 Å². The fourth-order valence-corrected chi connectivity index (χ4v) is 2.18. The zero-order valence-electron chi connectivity index (χ0n) is 9.26. The maximum absolute atomic E-state index is 13.8. The Kier molecular flexibility index (Phi) is 3.71. The maximum Gasteiger partial charge on any atom is 0.168 e. The average molecular weight is 253 g/mol. The molecule has 1 heterocycles. The van der Waals surface area contributed by atoms with Gasteiger partial charge in [0.05, 0.1) is 23.6 Å². The minimum atomic E-state index is -0.732. The minimum absolute atomic E-state index is 0.194. The van der Waals surface area contributed by atoms with E-state index in [0.717, 1.165) is 4.88 Å². The SMILES string of the molecule is COc1cccc(CC(O)c2cncs2)c1F. The molecule has 1 unspecified atom stereocenters. The molecule has 1 aromatic carbocycles. The zero-order valence-corrected chi connectivity index (χ0v) is 10.1. The van der Waals surface area contributed by atoms with Gasteiger partial charge in [0.2, 0.25) is 0 Å². The van der Waals surface area contributed by atoms with Crippen molar-refractivity contribution in [2.75, 3.05) is 7.11 Å². The van der Waals surface area contributed by atoms with E-state index in [1.165, 1.54) is 18.4 Å². The minimum Gasteiger partial charge on any atom is -0.494 e. The molecular formula is C12H12FNO2S. The Hall–Kier alpha value is -1.46. The van der Waals surface area contributed by atoms with Crippen LogP contribution in [0.3, 0.4) is 0 Å². The van der Waals surface area contributed by atoms with Crippen molar-refractivity contribution in [3.8, 4) is 5.75 Å². The highest BCUT2D eigenvalue weighted by Crippen LogP contribution is 2.26. The van der Waals surface area contributed by atoms with Gasteiger partial charge in [-0.1, -0.05) is 12.1 Å². The fraction of sp³-hybridized carbons (Fsp3) is 0.250.